The fourth-order valence-corrected chi connectivity index (χ4v) is 5.39. The van der Waals surface area contributed by atoms with Gasteiger partial charge in [0.05, 0.1) is 36.6 Å². The molecule has 0 spiro atoms. The van der Waals surface area contributed by atoms with Crippen molar-refractivity contribution < 1.29 is 19.0 Å². The lowest BCUT2D eigenvalue weighted by molar-refractivity contribution is -0.138. The van der Waals surface area contributed by atoms with Crippen LogP contribution < -0.4 is 24.4 Å². The first-order valence-corrected chi connectivity index (χ1v) is 12.8. The van der Waals surface area contributed by atoms with E-state index in [0.29, 0.717) is 32.1 Å². The van der Waals surface area contributed by atoms with E-state index >= 15 is 0 Å². The van der Waals surface area contributed by atoms with Crippen LogP contribution in [-0.2, 0) is 9.53 Å². The van der Waals surface area contributed by atoms with Crippen molar-refractivity contribution in [1.82, 2.24) is 9.55 Å². The molecule has 2 aromatic heterocycles. The first kappa shape index (κ1) is 25.2. The number of benzene rings is 2. The zero-order valence-corrected chi connectivity index (χ0v) is 21.9. The van der Waals surface area contributed by atoms with Crippen LogP contribution in [0, 0.1) is 0 Å². The second-order valence-electron chi connectivity index (χ2n) is 8.32. The lowest BCUT2D eigenvalue weighted by atomic mass is 9.92. The number of carbonyl (C=O) groups is 1. The number of aromatic nitrogens is 2. The third kappa shape index (κ3) is 4.64. The lowest BCUT2D eigenvalue weighted by Gasteiger charge is -2.27. The molecule has 5 rings (SSSR count). The van der Waals surface area contributed by atoms with Crippen molar-refractivity contribution in [1.29, 1.82) is 0 Å². The van der Waals surface area contributed by atoms with E-state index in [9.17, 15) is 9.59 Å². The first-order valence-electron chi connectivity index (χ1n) is 12.0. The van der Waals surface area contributed by atoms with Crippen molar-refractivity contribution in [3.63, 3.8) is 0 Å². The van der Waals surface area contributed by atoms with Gasteiger partial charge in [-0.3, -0.25) is 14.3 Å². The number of hydrogen-bond donors (Lipinski definition) is 0. The summed E-state index contributed by atoms with van der Waals surface area (Å²) in [5.41, 5.74) is 2.60. The molecule has 2 aromatic carbocycles. The standard InChI is InChI=1S/C29H25N3O5S/c1-4-37-28(34)24-25(19-8-6-5-7-9-19)31-29-32(26(24)21-11-10-20(35-2)17-22(21)36-3)27(33)23(38-29)16-18-12-14-30-15-13-18/h5-17,26H,4H2,1-3H3/b23-16-/t26-/m1/s1. The summed E-state index contributed by atoms with van der Waals surface area (Å²) in [5.74, 6) is 0.496. The number of nitrogens with zero attached hydrogens (tertiary/aromatic N) is 3. The van der Waals surface area contributed by atoms with Crippen molar-refractivity contribution in [2.75, 3.05) is 20.8 Å². The van der Waals surface area contributed by atoms with Crippen molar-refractivity contribution in [3.8, 4) is 11.5 Å². The molecule has 0 saturated heterocycles. The maximum Gasteiger partial charge on any atom is 0.338 e. The molecule has 0 radical (unpaired) electrons. The van der Waals surface area contributed by atoms with Crippen LogP contribution in [0.5, 0.6) is 11.5 Å². The molecule has 192 valence electrons. The second kappa shape index (κ2) is 10.9. The van der Waals surface area contributed by atoms with E-state index in [1.54, 1.807) is 55.3 Å². The minimum absolute atomic E-state index is 0.170. The van der Waals surface area contributed by atoms with Gasteiger partial charge in [-0.2, -0.15) is 0 Å². The van der Waals surface area contributed by atoms with Crippen molar-refractivity contribution >= 4 is 29.1 Å². The van der Waals surface area contributed by atoms with Crippen molar-refractivity contribution in [2.24, 2.45) is 4.99 Å². The molecule has 1 atom stereocenters. The van der Waals surface area contributed by atoms with E-state index in [2.05, 4.69) is 4.98 Å². The summed E-state index contributed by atoms with van der Waals surface area (Å²) < 4.78 is 18.6. The van der Waals surface area contributed by atoms with Gasteiger partial charge in [0.1, 0.15) is 17.5 Å². The van der Waals surface area contributed by atoms with Crippen LogP contribution in [-0.4, -0.2) is 36.3 Å². The molecule has 38 heavy (non-hydrogen) atoms. The van der Waals surface area contributed by atoms with Crippen LogP contribution in [0.2, 0.25) is 0 Å². The van der Waals surface area contributed by atoms with Gasteiger partial charge in [0.15, 0.2) is 4.80 Å². The highest BCUT2D eigenvalue weighted by atomic mass is 32.1. The number of thiazole rings is 1. The molecule has 0 N–H and O–H groups in total. The maximum atomic E-state index is 13.9. The molecular weight excluding hydrogens is 502 g/mol. The molecule has 8 nitrogen and oxygen atoms in total. The molecule has 0 amide bonds. The summed E-state index contributed by atoms with van der Waals surface area (Å²) >= 11 is 1.26. The van der Waals surface area contributed by atoms with E-state index in [4.69, 9.17) is 19.2 Å². The molecule has 0 fully saturated rings. The Balaban J connectivity index is 1.87. The molecule has 0 unspecified atom stereocenters. The van der Waals surface area contributed by atoms with Gasteiger partial charge in [-0.25, -0.2) is 9.79 Å². The maximum absolute atomic E-state index is 13.9. The van der Waals surface area contributed by atoms with Gasteiger partial charge in [-0.1, -0.05) is 41.7 Å². The number of hydrogen-bond acceptors (Lipinski definition) is 8. The Morgan fingerprint density at radius 2 is 1.82 bits per heavy atom. The molecule has 3 heterocycles. The summed E-state index contributed by atoms with van der Waals surface area (Å²) in [6.07, 6.45) is 5.13. The van der Waals surface area contributed by atoms with Crippen LogP contribution in [0.25, 0.3) is 11.8 Å². The SMILES string of the molecule is CCOC(=O)C1=C(c2ccccc2)N=c2s/c(=C\c3ccncc3)c(=O)n2[C@@H]1c1ccc(OC)cc1OC. The van der Waals surface area contributed by atoms with Gasteiger partial charge in [-0.15, -0.1) is 0 Å². The van der Waals surface area contributed by atoms with Gasteiger partial charge in [0.2, 0.25) is 0 Å². The summed E-state index contributed by atoms with van der Waals surface area (Å²) in [5, 5.41) is 0. The summed E-state index contributed by atoms with van der Waals surface area (Å²) in [6, 6.07) is 17.5. The Bertz CT molecular complexity index is 1690. The number of rotatable bonds is 7. The Labute approximate surface area is 222 Å². The topological polar surface area (TPSA) is 92.0 Å². The summed E-state index contributed by atoms with van der Waals surface area (Å²) in [4.78, 5) is 36.9. The fraction of sp³-hybridized carbons (Fsp3) is 0.172. The molecule has 0 aliphatic carbocycles. The number of ether oxygens (including phenoxy) is 3. The Hall–Kier alpha value is -4.50. The van der Waals surface area contributed by atoms with Crippen LogP contribution in [0.3, 0.4) is 0 Å². The third-order valence-electron chi connectivity index (χ3n) is 6.11. The van der Waals surface area contributed by atoms with E-state index < -0.39 is 12.0 Å². The number of fused-ring (bicyclic) bond motifs is 1. The fourth-order valence-electron chi connectivity index (χ4n) is 4.39. The van der Waals surface area contributed by atoms with E-state index in [1.807, 2.05) is 42.5 Å². The molecular formula is C29H25N3O5S. The summed E-state index contributed by atoms with van der Waals surface area (Å²) in [7, 11) is 3.10. The predicted octanol–water partition coefficient (Wildman–Crippen LogP) is 3.35. The smallest absolute Gasteiger partial charge is 0.338 e. The van der Waals surface area contributed by atoms with E-state index in [1.165, 1.54) is 18.4 Å². The Kier molecular flexibility index (Phi) is 7.19. The van der Waals surface area contributed by atoms with E-state index in [0.717, 1.165) is 11.1 Å². The molecule has 9 heteroatoms. The number of carbonyl (C=O) groups excluding carboxylic acids is 1. The Morgan fingerprint density at radius 3 is 2.50 bits per heavy atom. The van der Waals surface area contributed by atoms with Gasteiger partial charge < -0.3 is 14.2 Å². The van der Waals surface area contributed by atoms with Crippen LogP contribution >= 0.6 is 11.3 Å². The van der Waals surface area contributed by atoms with Crippen molar-refractivity contribution in [3.05, 3.63) is 115 Å². The highest BCUT2D eigenvalue weighted by Gasteiger charge is 2.36. The normalized spacial score (nSPS) is 15.0. The molecule has 0 bridgehead atoms. The highest BCUT2D eigenvalue weighted by molar-refractivity contribution is 7.07. The molecule has 1 aliphatic heterocycles. The second-order valence-corrected chi connectivity index (χ2v) is 9.33. The predicted molar refractivity (Wildman–Crippen MR) is 145 cm³/mol. The average molecular weight is 528 g/mol. The number of esters is 1. The molecule has 1 aliphatic rings. The minimum Gasteiger partial charge on any atom is -0.497 e. The molecule has 0 saturated carbocycles. The van der Waals surface area contributed by atoms with Crippen LogP contribution in [0.15, 0.2) is 88.4 Å². The highest BCUT2D eigenvalue weighted by Crippen LogP contribution is 2.40. The van der Waals surface area contributed by atoms with Crippen molar-refractivity contribution in [2.45, 2.75) is 13.0 Å². The number of pyridine rings is 1. The van der Waals surface area contributed by atoms with Gasteiger partial charge in [-0.05, 0) is 42.8 Å². The zero-order chi connectivity index (χ0) is 26.6. The van der Waals surface area contributed by atoms with Gasteiger partial charge in [0, 0.05) is 29.6 Å². The number of methoxy groups -OCH3 is 2. The van der Waals surface area contributed by atoms with Gasteiger partial charge >= 0.3 is 5.97 Å². The largest absolute Gasteiger partial charge is 0.497 e. The molecule has 4 aromatic rings. The lowest BCUT2D eigenvalue weighted by Crippen LogP contribution is -2.40. The van der Waals surface area contributed by atoms with Gasteiger partial charge in [0.25, 0.3) is 5.56 Å². The monoisotopic (exact) mass is 527 g/mol. The third-order valence-corrected chi connectivity index (χ3v) is 7.10. The minimum atomic E-state index is -0.846. The average Bonchev–Trinajstić information content (AvgIpc) is 3.27. The Morgan fingerprint density at radius 1 is 1.05 bits per heavy atom. The zero-order valence-electron chi connectivity index (χ0n) is 21.1. The van der Waals surface area contributed by atoms with E-state index in [-0.39, 0.29) is 17.7 Å². The first-order chi connectivity index (χ1) is 18.5. The quantitative estimate of drug-likeness (QED) is 0.343. The summed E-state index contributed by atoms with van der Waals surface area (Å²) in [6.45, 7) is 1.91. The van der Waals surface area contributed by atoms with Crippen LogP contribution in [0.1, 0.15) is 29.7 Å². The van der Waals surface area contributed by atoms with Crippen LogP contribution in [0.4, 0.5) is 0 Å².